The number of aromatic nitrogens is 2. The summed E-state index contributed by atoms with van der Waals surface area (Å²) in [5, 5.41) is 21.9. The van der Waals surface area contributed by atoms with Gasteiger partial charge in [-0.15, -0.1) is 0 Å². The van der Waals surface area contributed by atoms with Crippen molar-refractivity contribution < 1.29 is 10.0 Å². The number of nitrogens with zero attached hydrogens (tertiary/aromatic N) is 3. The topological polar surface area (TPSA) is 113 Å². The first-order valence-electron chi connectivity index (χ1n) is 5.47. The minimum absolute atomic E-state index is 0.134. The van der Waals surface area contributed by atoms with E-state index in [2.05, 4.69) is 20.7 Å². The normalized spacial score (nSPS) is 11.2. The molecule has 1 aromatic carbocycles. The Balaban J connectivity index is 2.33. The molecular formula is C12H10ClN5O2. The molecule has 2 rings (SSSR count). The highest BCUT2D eigenvalue weighted by Gasteiger charge is 2.12. The van der Waals surface area contributed by atoms with Crippen molar-refractivity contribution in [3.05, 3.63) is 52.8 Å². The number of hydrogen-bond acceptors (Lipinski definition) is 5. The average molecular weight is 292 g/mol. The van der Waals surface area contributed by atoms with Crippen LogP contribution in [0.5, 0.6) is 0 Å². The van der Waals surface area contributed by atoms with Crippen molar-refractivity contribution in [2.45, 2.75) is 0 Å². The lowest BCUT2D eigenvalue weighted by Gasteiger charge is -2.10. The molecule has 20 heavy (non-hydrogen) atoms. The number of benzene rings is 1. The summed E-state index contributed by atoms with van der Waals surface area (Å²) in [5.74, 6) is -0.543. The smallest absolute Gasteiger partial charge is 0.257 e. The average Bonchev–Trinajstić information content (AvgIpc) is 2.47. The molecule has 0 aliphatic carbocycles. The Hall–Kier alpha value is -2.67. The lowest BCUT2D eigenvalue weighted by molar-refractivity contribution is 0.102. The van der Waals surface area contributed by atoms with Gasteiger partial charge in [0.2, 0.25) is 0 Å². The second-order valence-corrected chi connectivity index (χ2v) is 4.20. The van der Waals surface area contributed by atoms with Crippen LogP contribution in [-0.4, -0.2) is 27.1 Å². The van der Waals surface area contributed by atoms with Crippen LogP contribution in [0.25, 0.3) is 0 Å². The van der Waals surface area contributed by atoms with Crippen molar-refractivity contribution in [1.29, 1.82) is 0 Å². The van der Waals surface area contributed by atoms with Gasteiger partial charge in [0.05, 0.1) is 23.6 Å². The standard InChI is InChI=1S/C12H10ClN5O2/c13-8-1-2-9(11(14)18-20)10(5-8)17-12(19)7-3-4-15-16-6-7/h1-6,20H,(H2,14,18)(H,17,19). The molecule has 1 aromatic heterocycles. The molecule has 8 heteroatoms. The second-order valence-electron chi connectivity index (χ2n) is 3.76. The van der Waals surface area contributed by atoms with Crippen molar-refractivity contribution in [1.82, 2.24) is 10.2 Å². The van der Waals surface area contributed by atoms with Gasteiger partial charge in [-0.25, -0.2) is 0 Å². The predicted octanol–water partition coefficient (Wildman–Crippen LogP) is 1.48. The van der Waals surface area contributed by atoms with Crippen LogP contribution in [0.2, 0.25) is 5.02 Å². The van der Waals surface area contributed by atoms with E-state index in [1.807, 2.05) is 0 Å². The van der Waals surface area contributed by atoms with Gasteiger partial charge in [0.1, 0.15) is 0 Å². The van der Waals surface area contributed by atoms with E-state index in [4.69, 9.17) is 22.5 Å². The minimum atomic E-state index is -0.408. The number of anilines is 1. The third kappa shape index (κ3) is 3.01. The summed E-state index contributed by atoms with van der Waals surface area (Å²) in [5.41, 5.74) is 6.55. The first-order valence-corrected chi connectivity index (χ1v) is 5.85. The van der Waals surface area contributed by atoms with Crippen LogP contribution in [0.15, 0.2) is 41.8 Å². The molecule has 1 amide bonds. The van der Waals surface area contributed by atoms with E-state index < -0.39 is 5.91 Å². The van der Waals surface area contributed by atoms with Gasteiger partial charge >= 0.3 is 0 Å². The number of carbonyl (C=O) groups is 1. The summed E-state index contributed by atoms with van der Waals surface area (Å²) in [6, 6.07) is 6.12. The van der Waals surface area contributed by atoms with E-state index in [1.165, 1.54) is 30.6 Å². The number of carbonyl (C=O) groups excluding carboxylic acids is 1. The number of amides is 1. The molecule has 0 fully saturated rings. The van der Waals surface area contributed by atoms with Crippen LogP contribution in [0.4, 0.5) is 5.69 Å². The van der Waals surface area contributed by atoms with Gasteiger partial charge in [0.25, 0.3) is 5.91 Å². The quantitative estimate of drug-likeness (QED) is 0.343. The number of nitrogens with two attached hydrogens (primary N) is 1. The Labute approximate surface area is 119 Å². The molecule has 0 aliphatic heterocycles. The molecule has 7 nitrogen and oxygen atoms in total. The van der Waals surface area contributed by atoms with Crippen LogP contribution in [0, 0.1) is 0 Å². The summed E-state index contributed by atoms with van der Waals surface area (Å²) < 4.78 is 0. The number of nitrogens with one attached hydrogen (secondary N) is 1. The minimum Gasteiger partial charge on any atom is -0.409 e. The lowest BCUT2D eigenvalue weighted by Crippen LogP contribution is -2.19. The fourth-order valence-corrected chi connectivity index (χ4v) is 1.69. The van der Waals surface area contributed by atoms with E-state index >= 15 is 0 Å². The monoisotopic (exact) mass is 291 g/mol. The fraction of sp³-hybridized carbons (Fsp3) is 0. The van der Waals surface area contributed by atoms with Gasteiger partial charge in [0.15, 0.2) is 5.84 Å². The van der Waals surface area contributed by atoms with E-state index in [-0.39, 0.29) is 5.84 Å². The van der Waals surface area contributed by atoms with Gasteiger partial charge in [-0.2, -0.15) is 10.2 Å². The molecule has 0 unspecified atom stereocenters. The second kappa shape index (κ2) is 5.98. The molecule has 1 heterocycles. The highest BCUT2D eigenvalue weighted by Crippen LogP contribution is 2.21. The maximum absolute atomic E-state index is 12.0. The number of oxime groups is 1. The molecular weight excluding hydrogens is 282 g/mol. The highest BCUT2D eigenvalue weighted by molar-refractivity contribution is 6.31. The van der Waals surface area contributed by atoms with Gasteiger partial charge < -0.3 is 16.3 Å². The van der Waals surface area contributed by atoms with E-state index in [9.17, 15) is 4.79 Å². The third-order valence-electron chi connectivity index (χ3n) is 2.46. The molecule has 0 saturated heterocycles. The Bertz CT molecular complexity index is 660. The number of rotatable bonds is 3. The predicted molar refractivity (Wildman–Crippen MR) is 73.9 cm³/mol. The van der Waals surface area contributed by atoms with Gasteiger partial charge in [-0.3, -0.25) is 4.79 Å². The highest BCUT2D eigenvalue weighted by atomic mass is 35.5. The first-order chi connectivity index (χ1) is 9.61. The maximum atomic E-state index is 12.0. The summed E-state index contributed by atoms with van der Waals surface area (Å²) in [6.45, 7) is 0. The fourth-order valence-electron chi connectivity index (χ4n) is 1.52. The van der Waals surface area contributed by atoms with Crippen molar-refractivity contribution in [3.63, 3.8) is 0 Å². The molecule has 0 saturated carbocycles. The summed E-state index contributed by atoms with van der Waals surface area (Å²) >= 11 is 5.88. The van der Waals surface area contributed by atoms with Crippen molar-refractivity contribution in [2.75, 3.05) is 5.32 Å². The largest absolute Gasteiger partial charge is 0.409 e. The number of halogens is 1. The van der Waals surface area contributed by atoms with E-state index in [0.29, 0.717) is 21.8 Å². The Kier molecular flexibility index (Phi) is 4.11. The molecule has 4 N–H and O–H groups in total. The van der Waals surface area contributed by atoms with Crippen LogP contribution in [0.3, 0.4) is 0 Å². The Morgan fingerprint density at radius 2 is 2.15 bits per heavy atom. The van der Waals surface area contributed by atoms with Crippen molar-refractivity contribution in [3.8, 4) is 0 Å². The molecule has 0 aliphatic rings. The van der Waals surface area contributed by atoms with Crippen molar-refractivity contribution in [2.24, 2.45) is 10.9 Å². The third-order valence-corrected chi connectivity index (χ3v) is 2.70. The Morgan fingerprint density at radius 3 is 2.80 bits per heavy atom. The van der Waals surface area contributed by atoms with Gasteiger partial charge in [-0.1, -0.05) is 16.8 Å². The SMILES string of the molecule is N/C(=N/O)c1ccc(Cl)cc1NC(=O)c1ccnnc1. The molecule has 102 valence electrons. The lowest BCUT2D eigenvalue weighted by atomic mass is 10.1. The zero-order chi connectivity index (χ0) is 14.5. The maximum Gasteiger partial charge on any atom is 0.257 e. The van der Waals surface area contributed by atoms with Crippen LogP contribution >= 0.6 is 11.6 Å². The molecule has 0 atom stereocenters. The van der Waals surface area contributed by atoms with Gasteiger partial charge in [0, 0.05) is 10.6 Å². The first kappa shape index (κ1) is 13.8. The van der Waals surface area contributed by atoms with Crippen LogP contribution in [-0.2, 0) is 0 Å². The molecule has 2 aromatic rings. The zero-order valence-electron chi connectivity index (χ0n) is 10.1. The van der Waals surface area contributed by atoms with Crippen LogP contribution in [0.1, 0.15) is 15.9 Å². The van der Waals surface area contributed by atoms with Crippen molar-refractivity contribution >= 4 is 29.0 Å². The molecule has 0 spiro atoms. The van der Waals surface area contributed by atoms with Crippen LogP contribution < -0.4 is 11.1 Å². The number of hydrogen-bond donors (Lipinski definition) is 3. The molecule has 0 bridgehead atoms. The number of amidine groups is 1. The summed E-state index contributed by atoms with van der Waals surface area (Å²) in [6.07, 6.45) is 2.72. The summed E-state index contributed by atoms with van der Waals surface area (Å²) in [7, 11) is 0. The van der Waals surface area contributed by atoms with E-state index in [0.717, 1.165) is 0 Å². The molecule has 0 radical (unpaired) electrons. The van der Waals surface area contributed by atoms with E-state index in [1.54, 1.807) is 6.07 Å². The summed E-state index contributed by atoms with van der Waals surface area (Å²) in [4.78, 5) is 12.0. The Morgan fingerprint density at radius 1 is 1.35 bits per heavy atom. The zero-order valence-corrected chi connectivity index (χ0v) is 10.9. The van der Waals surface area contributed by atoms with Gasteiger partial charge in [-0.05, 0) is 24.3 Å².